The molecule has 0 aromatic heterocycles. The Kier molecular flexibility index (Phi) is 7.57. The minimum Gasteiger partial charge on any atom is -0.348 e. The minimum absolute atomic E-state index is 0.0205. The van der Waals surface area contributed by atoms with E-state index in [9.17, 15) is 29.8 Å². The first-order valence-electron chi connectivity index (χ1n) is 8.73. The highest BCUT2D eigenvalue weighted by atomic mass is 16.6. The molecule has 2 aromatic carbocycles. The van der Waals surface area contributed by atoms with Gasteiger partial charge in [0, 0.05) is 29.9 Å². The number of hydrogen-bond donors (Lipinski definition) is 3. The van der Waals surface area contributed by atoms with E-state index in [1.165, 1.54) is 6.08 Å². The number of nitro benzene ring substituents is 2. The molecule has 0 unspecified atom stereocenters. The Morgan fingerprint density at radius 2 is 1.70 bits per heavy atom. The SMILES string of the molecule is CC(=CC(=O)NCc1ccccc1)NNC(=O)Cc1ccc([N+](=O)[O-])cc1[N+](=O)[O-]. The summed E-state index contributed by atoms with van der Waals surface area (Å²) < 4.78 is 0. The summed E-state index contributed by atoms with van der Waals surface area (Å²) in [5.74, 6) is -0.992. The van der Waals surface area contributed by atoms with Gasteiger partial charge in [0.2, 0.25) is 11.8 Å². The monoisotopic (exact) mass is 413 g/mol. The van der Waals surface area contributed by atoms with E-state index in [0.717, 1.165) is 23.8 Å². The number of hydrogen-bond acceptors (Lipinski definition) is 7. The Labute approximate surface area is 171 Å². The van der Waals surface area contributed by atoms with Crippen molar-refractivity contribution in [2.75, 3.05) is 0 Å². The van der Waals surface area contributed by atoms with E-state index in [1.54, 1.807) is 6.92 Å². The predicted molar refractivity (Wildman–Crippen MR) is 107 cm³/mol. The number of rotatable bonds is 9. The maximum Gasteiger partial charge on any atom is 0.279 e. The van der Waals surface area contributed by atoms with Crippen LogP contribution in [0.2, 0.25) is 0 Å². The van der Waals surface area contributed by atoms with Crippen LogP contribution in [0.3, 0.4) is 0 Å². The molecule has 0 saturated heterocycles. The van der Waals surface area contributed by atoms with Crippen molar-refractivity contribution < 1.29 is 19.4 Å². The lowest BCUT2D eigenvalue weighted by Gasteiger charge is -2.09. The number of allylic oxidation sites excluding steroid dienone is 1. The number of nitrogens with zero attached hydrogens (tertiary/aromatic N) is 2. The van der Waals surface area contributed by atoms with Crippen molar-refractivity contribution in [3.8, 4) is 0 Å². The topological polar surface area (TPSA) is 157 Å². The Morgan fingerprint density at radius 1 is 1.00 bits per heavy atom. The lowest BCUT2D eigenvalue weighted by molar-refractivity contribution is -0.394. The standard InChI is InChI=1S/C19H19N5O6/c1-13(9-18(25)20-12-14-5-3-2-4-6-14)21-22-19(26)10-15-7-8-16(23(27)28)11-17(15)24(29)30/h2-9,11,21H,10,12H2,1H3,(H,20,25)(H,22,26). The summed E-state index contributed by atoms with van der Waals surface area (Å²) in [4.78, 5) is 44.3. The molecule has 0 heterocycles. The van der Waals surface area contributed by atoms with E-state index >= 15 is 0 Å². The predicted octanol–water partition coefficient (Wildman–Crippen LogP) is 1.89. The molecule has 30 heavy (non-hydrogen) atoms. The molecule has 0 saturated carbocycles. The second-order valence-electron chi connectivity index (χ2n) is 6.21. The molecule has 2 rings (SSSR count). The van der Waals surface area contributed by atoms with Crippen molar-refractivity contribution in [1.29, 1.82) is 0 Å². The van der Waals surface area contributed by atoms with E-state index in [2.05, 4.69) is 16.2 Å². The van der Waals surface area contributed by atoms with Crippen LogP contribution >= 0.6 is 0 Å². The van der Waals surface area contributed by atoms with Gasteiger partial charge in [0.25, 0.3) is 11.4 Å². The molecular weight excluding hydrogens is 394 g/mol. The highest BCUT2D eigenvalue weighted by Gasteiger charge is 2.21. The van der Waals surface area contributed by atoms with Gasteiger partial charge in [0.15, 0.2) is 0 Å². The van der Waals surface area contributed by atoms with Crippen LogP contribution in [0.4, 0.5) is 11.4 Å². The molecule has 0 fully saturated rings. The molecule has 0 bridgehead atoms. The van der Waals surface area contributed by atoms with Crippen LogP contribution in [-0.2, 0) is 22.6 Å². The summed E-state index contributed by atoms with van der Waals surface area (Å²) in [5.41, 5.74) is 5.18. The third-order valence-electron chi connectivity index (χ3n) is 3.88. The maximum atomic E-state index is 12.0. The Balaban J connectivity index is 1.89. The van der Waals surface area contributed by atoms with Gasteiger partial charge in [-0.2, -0.15) is 0 Å². The van der Waals surface area contributed by atoms with Crippen LogP contribution in [0.5, 0.6) is 0 Å². The third-order valence-corrected chi connectivity index (χ3v) is 3.88. The molecule has 0 atom stereocenters. The van der Waals surface area contributed by atoms with Crippen LogP contribution in [0.15, 0.2) is 60.3 Å². The number of nitro groups is 2. The van der Waals surface area contributed by atoms with E-state index in [1.807, 2.05) is 30.3 Å². The normalized spacial score (nSPS) is 10.8. The van der Waals surface area contributed by atoms with Crippen LogP contribution < -0.4 is 16.2 Å². The highest BCUT2D eigenvalue weighted by Crippen LogP contribution is 2.24. The fourth-order valence-electron chi connectivity index (χ4n) is 2.44. The zero-order chi connectivity index (χ0) is 22.1. The van der Waals surface area contributed by atoms with Gasteiger partial charge >= 0.3 is 0 Å². The van der Waals surface area contributed by atoms with E-state index in [-0.39, 0.29) is 17.9 Å². The molecule has 11 heteroatoms. The fourth-order valence-corrected chi connectivity index (χ4v) is 2.44. The summed E-state index contributed by atoms with van der Waals surface area (Å²) >= 11 is 0. The van der Waals surface area contributed by atoms with Crippen molar-refractivity contribution in [3.05, 3.63) is 91.7 Å². The lowest BCUT2D eigenvalue weighted by atomic mass is 10.1. The molecule has 0 radical (unpaired) electrons. The van der Waals surface area contributed by atoms with Crippen LogP contribution in [0, 0.1) is 20.2 Å². The van der Waals surface area contributed by atoms with Gasteiger partial charge in [-0.05, 0) is 18.6 Å². The molecule has 0 aliphatic heterocycles. The summed E-state index contributed by atoms with van der Waals surface area (Å²) in [7, 11) is 0. The van der Waals surface area contributed by atoms with E-state index < -0.39 is 27.1 Å². The minimum atomic E-state index is -0.786. The van der Waals surface area contributed by atoms with Gasteiger partial charge in [-0.1, -0.05) is 30.3 Å². The molecule has 2 amide bonds. The summed E-state index contributed by atoms with van der Waals surface area (Å²) in [5, 5.41) is 24.6. The first-order valence-corrected chi connectivity index (χ1v) is 8.73. The Bertz CT molecular complexity index is 990. The second-order valence-corrected chi connectivity index (χ2v) is 6.21. The van der Waals surface area contributed by atoms with Crippen LogP contribution in [0.25, 0.3) is 0 Å². The number of hydrazine groups is 1. The fraction of sp³-hybridized carbons (Fsp3) is 0.158. The largest absolute Gasteiger partial charge is 0.348 e. The van der Waals surface area contributed by atoms with Crippen LogP contribution in [0.1, 0.15) is 18.1 Å². The number of benzene rings is 2. The van der Waals surface area contributed by atoms with Crippen molar-refractivity contribution in [2.24, 2.45) is 0 Å². The quantitative estimate of drug-likeness (QED) is 0.322. The van der Waals surface area contributed by atoms with Gasteiger partial charge in [-0.3, -0.25) is 35.2 Å². The Hall–Kier alpha value is -4.28. The molecule has 11 nitrogen and oxygen atoms in total. The highest BCUT2D eigenvalue weighted by molar-refractivity contribution is 5.88. The maximum absolute atomic E-state index is 12.0. The van der Waals surface area contributed by atoms with E-state index in [4.69, 9.17) is 0 Å². The summed E-state index contributed by atoms with van der Waals surface area (Å²) in [6.45, 7) is 1.90. The van der Waals surface area contributed by atoms with Gasteiger partial charge < -0.3 is 10.7 Å². The number of nitrogens with one attached hydrogen (secondary N) is 3. The van der Waals surface area contributed by atoms with Gasteiger partial charge in [-0.15, -0.1) is 0 Å². The van der Waals surface area contributed by atoms with Crippen molar-refractivity contribution in [3.63, 3.8) is 0 Å². The zero-order valence-corrected chi connectivity index (χ0v) is 16.0. The Morgan fingerprint density at radius 3 is 2.33 bits per heavy atom. The first kappa shape index (κ1) is 22.0. The first-order chi connectivity index (χ1) is 14.3. The van der Waals surface area contributed by atoms with Crippen molar-refractivity contribution >= 4 is 23.2 Å². The van der Waals surface area contributed by atoms with E-state index in [0.29, 0.717) is 12.2 Å². The third kappa shape index (κ3) is 6.71. The van der Waals surface area contributed by atoms with Crippen molar-refractivity contribution in [1.82, 2.24) is 16.2 Å². The lowest BCUT2D eigenvalue weighted by Crippen LogP contribution is -2.37. The zero-order valence-electron chi connectivity index (χ0n) is 16.0. The molecule has 0 aliphatic rings. The number of carbonyl (C=O) groups is 2. The number of amides is 2. The molecule has 2 aromatic rings. The molecule has 156 valence electrons. The second kappa shape index (κ2) is 10.3. The summed E-state index contributed by atoms with van der Waals surface area (Å²) in [6, 6.07) is 12.4. The number of carbonyl (C=O) groups excluding carboxylic acids is 2. The average molecular weight is 413 g/mol. The van der Waals surface area contributed by atoms with Crippen LogP contribution in [-0.4, -0.2) is 21.7 Å². The smallest absolute Gasteiger partial charge is 0.279 e. The van der Waals surface area contributed by atoms with Gasteiger partial charge in [-0.25, -0.2) is 0 Å². The molecule has 0 spiro atoms. The molecule has 0 aliphatic carbocycles. The van der Waals surface area contributed by atoms with Gasteiger partial charge in [0.05, 0.1) is 22.3 Å². The summed E-state index contributed by atoms with van der Waals surface area (Å²) in [6.07, 6.45) is 0.867. The molecular formula is C19H19N5O6. The molecule has 3 N–H and O–H groups in total. The average Bonchev–Trinajstić information content (AvgIpc) is 2.71. The van der Waals surface area contributed by atoms with Crippen molar-refractivity contribution in [2.45, 2.75) is 19.9 Å². The van der Waals surface area contributed by atoms with Gasteiger partial charge in [0.1, 0.15) is 0 Å². The number of non-ortho nitro benzene ring substituents is 1.